The van der Waals surface area contributed by atoms with E-state index in [1.807, 2.05) is 43.0 Å². The van der Waals surface area contributed by atoms with E-state index in [2.05, 4.69) is 45.5 Å². The normalized spacial score (nSPS) is 17.0. The number of para-hydroxylation sites is 1. The maximum absolute atomic E-state index is 9.44. The molecule has 1 aromatic heterocycles. The fourth-order valence-electron chi connectivity index (χ4n) is 4.31. The summed E-state index contributed by atoms with van der Waals surface area (Å²) < 4.78 is 2.00. The number of rotatable bonds is 6. The maximum Gasteiger partial charge on any atom is 0.191 e. The Labute approximate surface area is 179 Å². The number of aryl methyl sites for hydroxylation is 2. The molecule has 1 aliphatic heterocycles. The van der Waals surface area contributed by atoms with E-state index in [1.165, 1.54) is 11.3 Å². The smallest absolute Gasteiger partial charge is 0.191 e. The highest BCUT2D eigenvalue weighted by molar-refractivity contribution is 5.80. The van der Waals surface area contributed by atoms with Crippen LogP contribution in [0.3, 0.4) is 0 Å². The molecule has 7 heteroatoms. The van der Waals surface area contributed by atoms with E-state index in [9.17, 15) is 5.26 Å². The van der Waals surface area contributed by atoms with Crippen molar-refractivity contribution in [3.8, 4) is 6.07 Å². The van der Waals surface area contributed by atoms with Crippen LogP contribution >= 0.6 is 0 Å². The quantitative estimate of drug-likeness (QED) is 0.568. The second-order valence-electron chi connectivity index (χ2n) is 7.69. The Morgan fingerprint density at radius 2 is 2.10 bits per heavy atom. The minimum absolute atomic E-state index is 0.280. The fraction of sp³-hybridized carbons (Fsp3) is 0.522. The van der Waals surface area contributed by atoms with E-state index >= 15 is 0 Å². The third kappa shape index (κ3) is 4.76. The fourth-order valence-corrected chi connectivity index (χ4v) is 4.31. The lowest BCUT2D eigenvalue weighted by Crippen LogP contribution is -2.51. The van der Waals surface area contributed by atoms with Crippen LogP contribution in [0.15, 0.2) is 29.3 Å². The Hall–Kier alpha value is -3.01. The first kappa shape index (κ1) is 21.7. The summed E-state index contributed by atoms with van der Waals surface area (Å²) in [6, 6.07) is 10.4. The van der Waals surface area contributed by atoms with Crippen molar-refractivity contribution in [1.82, 2.24) is 20.4 Å². The molecule has 0 saturated carbocycles. The van der Waals surface area contributed by atoms with Crippen LogP contribution < -0.4 is 15.5 Å². The SMILES string of the molecule is CCc1nn(C)c(CC)c1CNC(=NC)NC1CCCN(c2ccccc2C#N)C1. The van der Waals surface area contributed by atoms with E-state index in [1.54, 1.807) is 0 Å². The molecule has 3 rings (SSSR count). The molecule has 1 atom stereocenters. The summed E-state index contributed by atoms with van der Waals surface area (Å²) in [5, 5.41) is 21.2. The zero-order valence-corrected chi connectivity index (χ0v) is 18.6. The third-order valence-electron chi connectivity index (χ3n) is 5.81. The molecule has 2 N–H and O–H groups in total. The predicted molar refractivity (Wildman–Crippen MR) is 122 cm³/mol. The first-order valence-electron chi connectivity index (χ1n) is 10.9. The molecule has 1 saturated heterocycles. The first-order chi connectivity index (χ1) is 14.6. The lowest BCUT2D eigenvalue weighted by molar-refractivity contribution is 0.468. The number of nitrogens with one attached hydrogen (secondary N) is 2. The van der Waals surface area contributed by atoms with Crippen molar-refractivity contribution in [1.29, 1.82) is 5.26 Å². The summed E-state index contributed by atoms with van der Waals surface area (Å²) in [4.78, 5) is 6.75. The van der Waals surface area contributed by atoms with Crippen molar-refractivity contribution >= 4 is 11.6 Å². The second kappa shape index (κ2) is 10.1. The summed E-state index contributed by atoms with van der Waals surface area (Å²) in [6.07, 6.45) is 4.05. The van der Waals surface area contributed by atoms with Crippen molar-refractivity contribution in [3.63, 3.8) is 0 Å². The lowest BCUT2D eigenvalue weighted by atomic mass is 10.0. The number of hydrogen-bond acceptors (Lipinski definition) is 4. The average Bonchev–Trinajstić information content (AvgIpc) is 3.10. The van der Waals surface area contributed by atoms with Crippen molar-refractivity contribution in [2.45, 2.75) is 52.1 Å². The zero-order valence-electron chi connectivity index (χ0n) is 18.6. The van der Waals surface area contributed by atoms with E-state index in [4.69, 9.17) is 0 Å². The van der Waals surface area contributed by atoms with Crippen molar-refractivity contribution in [2.75, 3.05) is 25.0 Å². The Balaban J connectivity index is 1.65. The molecule has 1 aromatic carbocycles. The Morgan fingerprint density at radius 1 is 1.30 bits per heavy atom. The van der Waals surface area contributed by atoms with E-state index < -0.39 is 0 Å². The maximum atomic E-state index is 9.44. The zero-order chi connectivity index (χ0) is 21.5. The number of aliphatic imine (C=N–C) groups is 1. The molecule has 2 heterocycles. The summed E-state index contributed by atoms with van der Waals surface area (Å²) in [6.45, 7) is 6.86. The van der Waals surface area contributed by atoms with Gasteiger partial charge in [-0.2, -0.15) is 10.4 Å². The molecule has 0 spiro atoms. The number of guanidine groups is 1. The van der Waals surface area contributed by atoms with E-state index in [0.717, 1.165) is 61.7 Å². The molecular formula is C23H33N7. The Kier molecular flexibility index (Phi) is 7.34. The second-order valence-corrected chi connectivity index (χ2v) is 7.69. The summed E-state index contributed by atoms with van der Waals surface area (Å²) in [5.41, 5.74) is 5.45. The van der Waals surface area contributed by atoms with Gasteiger partial charge in [-0.15, -0.1) is 0 Å². The van der Waals surface area contributed by atoms with Gasteiger partial charge in [0.05, 0.1) is 16.9 Å². The van der Waals surface area contributed by atoms with Gasteiger partial charge in [0.2, 0.25) is 0 Å². The molecule has 0 radical (unpaired) electrons. The monoisotopic (exact) mass is 407 g/mol. The van der Waals surface area contributed by atoms with Crippen LogP contribution in [0, 0.1) is 11.3 Å². The summed E-state index contributed by atoms with van der Waals surface area (Å²) in [7, 11) is 3.83. The number of hydrogen-bond donors (Lipinski definition) is 2. The number of nitrogens with zero attached hydrogens (tertiary/aromatic N) is 5. The minimum atomic E-state index is 0.280. The molecule has 160 valence electrons. The van der Waals surface area contributed by atoms with Gasteiger partial charge in [0.25, 0.3) is 0 Å². The molecule has 7 nitrogen and oxygen atoms in total. The molecule has 1 fully saturated rings. The summed E-state index contributed by atoms with van der Waals surface area (Å²) >= 11 is 0. The molecule has 2 aromatic rings. The molecular weight excluding hydrogens is 374 g/mol. The van der Waals surface area contributed by atoms with E-state index in [-0.39, 0.29) is 6.04 Å². The largest absolute Gasteiger partial charge is 0.368 e. The Bertz CT molecular complexity index is 922. The van der Waals surface area contributed by atoms with Gasteiger partial charge in [-0.1, -0.05) is 26.0 Å². The molecule has 1 unspecified atom stereocenters. The van der Waals surface area contributed by atoms with Crippen LogP contribution in [0.4, 0.5) is 5.69 Å². The molecule has 0 aliphatic carbocycles. The number of nitriles is 1. The van der Waals surface area contributed by atoms with Gasteiger partial charge in [-0.3, -0.25) is 9.67 Å². The van der Waals surface area contributed by atoms with Crippen LogP contribution in [0.1, 0.15) is 49.2 Å². The highest BCUT2D eigenvalue weighted by Gasteiger charge is 2.23. The minimum Gasteiger partial charge on any atom is -0.368 e. The van der Waals surface area contributed by atoms with Crippen molar-refractivity contribution in [2.24, 2.45) is 12.0 Å². The van der Waals surface area contributed by atoms with Crippen LogP contribution in [-0.4, -0.2) is 41.9 Å². The van der Waals surface area contributed by atoms with Crippen LogP contribution in [0.25, 0.3) is 0 Å². The van der Waals surface area contributed by atoms with Gasteiger partial charge in [0.15, 0.2) is 5.96 Å². The van der Waals surface area contributed by atoms with Gasteiger partial charge < -0.3 is 15.5 Å². The van der Waals surface area contributed by atoms with Crippen molar-refractivity contribution < 1.29 is 0 Å². The predicted octanol–water partition coefficient (Wildman–Crippen LogP) is 2.75. The average molecular weight is 408 g/mol. The number of anilines is 1. The van der Waals surface area contributed by atoms with Gasteiger partial charge >= 0.3 is 0 Å². The number of aromatic nitrogens is 2. The van der Waals surface area contributed by atoms with Gasteiger partial charge in [-0.05, 0) is 37.8 Å². The van der Waals surface area contributed by atoms with Crippen LogP contribution in [-0.2, 0) is 26.4 Å². The lowest BCUT2D eigenvalue weighted by Gasteiger charge is -2.35. The Morgan fingerprint density at radius 3 is 2.80 bits per heavy atom. The van der Waals surface area contributed by atoms with Gasteiger partial charge in [0.1, 0.15) is 6.07 Å². The summed E-state index contributed by atoms with van der Waals surface area (Å²) in [5.74, 6) is 0.809. The third-order valence-corrected chi connectivity index (χ3v) is 5.81. The standard InChI is InChI=1S/C23H33N7/c1-5-20-19(21(6-2)29(4)28-20)15-26-23(25-3)27-18-11-9-13-30(16-18)22-12-8-7-10-17(22)14-24/h7-8,10,12,18H,5-6,9,11,13,15-16H2,1-4H3,(H2,25,26,27). The highest BCUT2D eigenvalue weighted by Crippen LogP contribution is 2.23. The van der Waals surface area contributed by atoms with E-state index in [0.29, 0.717) is 6.54 Å². The number of piperidine rings is 1. The first-order valence-corrected chi connectivity index (χ1v) is 10.9. The van der Waals surface area contributed by atoms with Crippen molar-refractivity contribution in [3.05, 3.63) is 46.8 Å². The molecule has 30 heavy (non-hydrogen) atoms. The van der Waals surface area contributed by atoms with Gasteiger partial charge in [-0.25, -0.2) is 0 Å². The molecule has 1 aliphatic rings. The highest BCUT2D eigenvalue weighted by atomic mass is 15.3. The van der Waals surface area contributed by atoms with Crippen LogP contribution in [0.5, 0.6) is 0 Å². The topological polar surface area (TPSA) is 81.3 Å². The van der Waals surface area contributed by atoms with Crippen LogP contribution in [0.2, 0.25) is 0 Å². The van der Waals surface area contributed by atoms with Gasteiger partial charge in [0, 0.05) is 51.0 Å². The molecule has 0 bridgehead atoms. The molecule has 0 amide bonds. The number of benzene rings is 1.